The number of carbonyl (C=O) groups excluding carboxylic acids is 2. The Kier molecular flexibility index (Phi) is 8.22. The van der Waals surface area contributed by atoms with Crippen molar-refractivity contribution in [2.24, 2.45) is 5.92 Å². The molecule has 2 aliphatic heterocycles. The highest BCUT2D eigenvalue weighted by Crippen LogP contribution is 2.25. The summed E-state index contributed by atoms with van der Waals surface area (Å²) in [6.07, 6.45) is -0.583. The van der Waals surface area contributed by atoms with Crippen molar-refractivity contribution in [2.45, 2.75) is 57.5 Å². The lowest BCUT2D eigenvalue weighted by atomic mass is 10.0. The molecule has 1 aromatic heterocycles. The molecule has 2 fully saturated rings. The van der Waals surface area contributed by atoms with Crippen LogP contribution in [0.25, 0.3) is 0 Å². The molecule has 2 saturated heterocycles. The predicted octanol–water partition coefficient (Wildman–Crippen LogP) is 0.162. The zero-order valence-corrected chi connectivity index (χ0v) is 18.3. The lowest BCUT2D eigenvalue weighted by molar-refractivity contribution is -0.136. The fourth-order valence-electron chi connectivity index (χ4n) is 4.20. The second-order valence-electron chi connectivity index (χ2n) is 8.21. The summed E-state index contributed by atoms with van der Waals surface area (Å²) in [6.45, 7) is 6.52. The summed E-state index contributed by atoms with van der Waals surface area (Å²) in [6, 6.07) is 5.76. The van der Waals surface area contributed by atoms with E-state index >= 15 is 0 Å². The van der Waals surface area contributed by atoms with Gasteiger partial charge in [-0.25, -0.2) is 4.98 Å². The van der Waals surface area contributed by atoms with E-state index < -0.39 is 24.4 Å². The van der Waals surface area contributed by atoms with Gasteiger partial charge < -0.3 is 30.1 Å². The number of anilines is 1. The molecular weight excluding hydrogens is 400 g/mol. The van der Waals surface area contributed by atoms with Crippen molar-refractivity contribution in [2.75, 3.05) is 37.6 Å². The summed E-state index contributed by atoms with van der Waals surface area (Å²) in [5, 5.41) is 23.5. The third kappa shape index (κ3) is 5.72. The van der Waals surface area contributed by atoms with Crippen molar-refractivity contribution in [3.63, 3.8) is 0 Å². The van der Waals surface area contributed by atoms with Gasteiger partial charge in [0, 0.05) is 44.8 Å². The van der Waals surface area contributed by atoms with E-state index in [4.69, 9.17) is 4.74 Å². The number of aliphatic hydroxyl groups is 2. The third-order valence-corrected chi connectivity index (χ3v) is 6.28. The standard InChI is InChI=1S/C22H34N4O5/c1-3-15(4-2)22(30)24-14-17-21(29)20(28)16(31-17)13-19(27)26-11-9-25(10-12-26)18-7-5-6-8-23-18/h5-8,15-17,20-21,28-29H,3-4,9-14H2,1-2H3,(H,24,30)/t16-,17+,20-,21+/m0/s1. The van der Waals surface area contributed by atoms with Gasteiger partial charge in [-0.15, -0.1) is 0 Å². The van der Waals surface area contributed by atoms with E-state index in [1.54, 1.807) is 11.1 Å². The molecule has 1 aromatic rings. The third-order valence-electron chi connectivity index (χ3n) is 6.28. The Bertz CT molecular complexity index is 722. The van der Waals surface area contributed by atoms with E-state index in [-0.39, 0.29) is 30.7 Å². The topological polar surface area (TPSA) is 115 Å². The highest BCUT2D eigenvalue weighted by molar-refractivity contribution is 5.78. The molecule has 0 unspecified atom stereocenters. The van der Waals surface area contributed by atoms with Gasteiger partial charge >= 0.3 is 0 Å². The van der Waals surface area contributed by atoms with Crippen LogP contribution < -0.4 is 10.2 Å². The summed E-state index contributed by atoms with van der Waals surface area (Å²) in [5.74, 6) is 0.621. The Balaban J connectivity index is 1.46. The zero-order valence-electron chi connectivity index (χ0n) is 18.3. The largest absolute Gasteiger partial charge is 0.388 e. The van der Waals surface area contributed by atoms with E-state index in [9.17, 15) is 19.8 Å². The van der Waals surface area contributed by atoms with Crippen LogP contribution in [0.5, 0.6) is 0 Å². The summed E-state index contributed by atoms with van der Waals surface area (Å²) < 4.78 is 5.75. The molecule has 3 rings (SSSR count). The predicted molar refractivity (Wildman–Crippen MR) is 115 cm³/mol. The quantitative estimate of drug-likeness (QED) is 0.534. The number of pyridine rings is 1. The first-order valence-electron chi connectivity index (χ1n) is 11.2. The zero-order chi connectivity index (χ0) is 22.4. The van der Waals surface area contributed by atoms with Crippen LogP contribution in [0.2, 0.25) is 0 Å². The molecule has 172 valence electrons. The van der Waals surface area contributed by atoms with Gasteiger partial charge in [-0.1, -0.05) is 19.9 Å². The molecule has 3 heterocycles. The second-order valence-corrected chi connectivity index (χ2v) is 8.21. The van der Waals surface area contributed by atoms with Gasteiger partial charge in [0.15, 0.2) is 0 Å². The van der Waals surface area contributed by atoms with Crippen LogP contribution in [0.15, 0.2) is 24.4 Å². The lowest BCUT2D eigenvalue weighted by Gasteiger charge is -2.36. The minimum absolute atomic E-state index is 0.00119. The molecule has 0 aromatic carbocycles. The summed E-state index contributed by atoms with van der Waals surface area (Å²) in [7, 11) is 0. The molecule has 4 atom stereocenters. The van der Waals surface area contributed by atoms with Crippen molar-refractivity contribution in [3.05, 3.63) is 24.4 Å². The average molecular weight is 435 g/mol. The lowest BCUT2D eigenvalue weighted by Crippen LogP contribution is -2.50. The molecule has 3 N–H and O–H groups in total. The van der Waals surface area contributed by atoms with Gasteiger partial charge in [0.05, 0.1) is 12.5 Å². The molecule has 2 aliphatic rings. The van der Waals surface area contributed by atoms with Gasteiger partial charge in [-0.2, -0.15) is 0 Å². The maximum atomic E-state index is 12.7. The second kappa shape index (κ2) is 10.9. The maximum absolute atomic E-state index is 12.7. The number of hydrogen-bond acceptors (Lipinski definition) is 7. The van der Waals surface area contributed by atoms with Crippen LogP contribution >= 0.6 is 0 Å². The number of aliphatic hydroxyl groups excluding tert-OH is 2. The molecular formula is C22H34N4O5. The van der Waals surface area contributed by atoms with Crippen LogP contribution in [0.1, 0.15) is 33.1 Å². The van der Waals surface area contributed by atoms with Crippen LogP contribution in [-0.2, 0) is 14.3 Å². The van der Waals surface area contributed by atoms with Gasteiger partial charge in [0.2, 0.25) is 11.8 Å². The Morgan fingerprint density at radius 2 is 1.81 bits per heavy atom. The molecule has 2 amide bonds. The average Bonchev–Trinajstić information content (AvgIpc) is 3.07. The molecule has 0 radical (unpaired) electrons. The van der Waals surface area contributed by atoms with E-state index in [0.717, 1.165) is 18.7 Å². The molecule has 0 aliphatic carbocycles. The van der Waals surface area contributed by atoms with E-state index in [2.05, 4.69) is 15.2 Å². The minimum atomic E-state index is -1.16. The van der Waals surface area contributed by atoms with Crippen LogP contribution in [-0.4, -0.2) is 89.1 Å². The van der Waals surface area contributed by atoms with Crippen molar-refractivity contribution >= 4 is 17.6 Å². The SMILES string of the molecule is CCC(CC)C(=O)NC[C@H]1O[C@@H](CC(=O)N2CCN(c3ccccn3)CC2)[C@H](O)[C@@H]1O. The molecule has 9 heteroatoms. The van der Waals surface area contributed by atoms with E-state index in [0.29, 0.717) is 26.2 Å². The number of amides is 2. The molecule has 9 nitrogen and oxygen atoms in total. The smallest absolute Gasteiger partial charge is 0.225 e. The first-order chi connectivity index (χ1) is 14.9. The summed E-state index contributed by atoms with van der Waals surface area (Å²) >= 11 is 0. The Morgan fingerprint density at radius 3 is 2.42 bits per heavy atom. The van der Waals surface area contributed by atoms with Gasteiger partial charge in [-0.05, 0) is 25.0 Å². The molecule has 0 bridgehead atoms. The van der Waals surface area contributed by atoms with E-state index in [1.165, 1.54) is 0 Å². The number of nitrogens with zero attached hydrogens (tertiary/aromatic N) is 3. The Labute approximate surface area is 183 Å². The maximum Gasteiger partial charge on any atom is 0.225 e. The fourth-order valence-corrected chi connectivity index (χ4v) is 4.20. The molecule has 0 spiro atoms. The number of aromatic nitrogens is 1. The Hall–Kier alpha value is -2.23. The number of hydrogen-bond donors (Lipinski definition) is 3. The van der Waals surface area contributed by atoms with Crippen LogP contribution in [0.3, 0.4) is 0 Å². The number of rotatable bonds is 8. The number of ether oxygens (including phenoxy) is 1. The normalized spacial score (nSPS) is 26.4. The monoisotopic (exact) mass is 434 g/mol. The minimum Gasteiger partial charge on any atom is -0.388 e. The first-order valence-corrected chi connectivity index (χ1v) is 11.2. The fraction of sp³-hybridized carbons (Fsp3) is 0.682. The molecule has 0 saturated carbocycles. The van der Waals surface area contributed by atoms with E-state index in [1.807, 2.05) is 32.0 Å². The van der Waals surface area contributed by atoms with Crippen molar-refractivity contribution in [3.8, 4) is 0 Å². The summed E-state index contributed by atoms with van der Waals surface area (Å²) in [4.78, 5) is 33.1. The Morgan fingerprint density at radius 1 is 1.13 bits per heavy atom. The number of nitrogens with one attached hydrogen (secondary N) is 1. The first kappa shape index (κ1) is 23.4. The molecule has 31 heavy (non-hydrogen) atoms. The van der Waals surface area contributed by atoms with Crippen LogP contribution in [0, 0.1) is 5.92 Å². The van der Waals surface area contributed by atoms with Crippen molar-refractivity contribution < 1.29 is 24.5 Å². The van der Waals surface area contributed by atoms with Gasteiger partial charge in [0.25, 0.3) is 0 Å². The number of piperazine rings is 1. The van der Waals surface area contributed by atoms with Crippen LogP contribution in [0.4, 0.5) is 5.82 Å². The van der Waals surface area contributed by atoms with Gasteiger partial charge in [0.1, 0.15) is 24.1 Å². The number of carbonyl (C=O) groups is 2. The highest BCUT2D eigenvalue weighted by atomic mass is 16.5. The summed E-state index contributed by atoms with van der Waals surface area (Å²) in [5.41, 5.74) is 0. The van der Waals surface area contributed by atoms with Crippen molar-refractivity contribution in [1.29, 1.82) is 0 Å². The van der Waals surface area contributed by atoms with Crippen molar-refractivity contribution in [1.82, 2.24) is 15.2 Å². The van der Waals surface area contributed by atoms with Gasteiger partial charge in [-0.3, -0.25) is 9.59 Å². The highest BCUT2D eigenvalue weighted by Gasteiger charge is 2.44.